The maximum absolute atomic E-state index is 13.6. The number of nitrogens with one attached hydrogen (secondary N) is 1. The minimum Gasteiger partial charge on any atom is -0.497 e. The van der Waals surface area contributed by atoms with Gasteiger partial charge in [0, 0.05) is 24.3 Å². The molecule has 3 amide bonds. The molecule has 148 valence electrons. The molecule has 0 radical (unpaired) electrons. The van der Waals surface area contributed by atoms with E-state index in [0.29, 0.717) is 11.4 Å². The Kier molecular flexibility index (Phi) is 3.64. The molecule has 7 heteroatoms. The lowest BCUT2D eigenvalue weighted by Crippen LogP contribution is -2.54. The minimum atomic E-state index is -1.22. The Morgan fingerprint density at radius 2 is 1.69 bits per heavy atom. The molecule has 4 unspecified atom stereocenters. The van der Waals surface area contributed by atoms with Gasteiger partial charge in [0.05, 0.1) is 24.6 Å². The van der Waals surface area contributed by atoms with Crippen LogP contribution in [0.4, 0.5) is 11.4 Å². The molecule has 7 nitrogen and oxygen atoms in total. The van der Waals surface area contributed by atoms with Crippen LogP contribution in [0.2, 0.25) is 0 Å². The summed E-state index contributed by atoms with van der Waals surface area (Å²) in [5.41, 5.74) is 0.791. The molecular weight excluding hydrogens is 370 g/mol. The van der Waals surface area contributed by atoms with Crippen LogP contribution in [0.3, 0.4) is 0 Å². The number of imide groups is 1. The highest BCUT2D eigenvalue weighted by Gasteiger charge is 2.70. The average Bonchev–Trinajstić information content (AvgIpc) is 3.27. The SMILES string of the molecule is COc1ccc(N2C(=O)C3C(C)NC4(C(=O)N(C)c5ccccc54)C3C2=O)cc1. The fraction of sp³-hybridized carbons (Fsp3) is 0.318. The van der Waals surface area contributed by atoms with Crippen molar-refractivity contribution < 1.29 is 19.1 Å². The van der Waals surface area contributed by atoms with Crippen molar-refractivity contribution in [2.75, 3.05) is 24.0 Å². The molecule has 2 fully saturated rings. The Balaban J connectivity index is 1.64. The topological polar surface area (TPSA) is 79.0 Å². The van der Waals surface area contributed by atoms with Crippen LogP contribution in [0.25, 0.3) is 0 Å². The number of fused-ring (bicyclic) bond motifs is 4. The van der Waals surface area contributed by atoms with Crippen LogP contribution in [0.5, 0.6) is 5.75 Å². The number of rotatable bonds is 2. The number of nitrogens with zero attached hydrogens (tertiary/aromatic N) is 2. The van der Waals surface area contributed by atoms with Crippen LogP contribution < -0.4 is 19.9 Å². The van der Waals surface area contributed by atoms with Gasteiger partial charge in [0.1, 0.15) is 11.3 Å². The second-order valence-electron chi connectivity index (χ2n) is 7.84. The number of likely N-dealkylation sites (N-methyl/N-ethyl adjacent to an activating group) is 1. The lowest BCUT2D eigenvalue weighted by Gasteiger charge is -2.29. The van der Waals surface area contributed by atoms with E-state index in [1.165, 1.54) is 4.90 Å². The molecule has 5 rings (SSSR count). The summed E-state index contributed by atoms with van der Waals surface area (Å²) >= 11 is 0. The van der Waals surface area contributed by atoms with Crippen molar-refractivity contribution in [3.63, 3.8) is 0 Å². The first-order valence-corrected chi connectivity index (χ1v) is 9.59. The second-order valence-corrected chi connectivity index (χ2v) is 7.84. The second kappa shape index (κ2) is 5.90. The first-order valence-electron chi connectivity index (χ1n) is 9.59. The molecule has 2 aromatic carbocycles. The van der Waals surface area contributed by atoms with E-state index in [9.17, 15) is 14.4 Å². The summed E-state index contributed by atoms with van der Waals surface area (Å²) in [7, 11) is 3.26. The van der Waals surface area contributed by atoms with Gasteiger partial charge in [-0.1, -0.05) is 18.2 Å². The monoisotopic (exact) mass is 391 g/mol. The highest BCUT2D eigenvalue weighted by molar-refractivity contribution is 6.26. The Morgan fingerprint density at radius 3 is 2.38 bits per heavy atom. The molecule has 1 N–H and O–H groups in total. The zero-order valence-electron chi connectivity index (χ0n) is 16.4. The normalized spacial score (nSPS) is 30.3. The number of hydrogen-bond acceptors (Lipinski definition) is 5. The number of carbonyl (C=O) groups is 3. The van der Waals surface area contributed by atoms with Gasteiger partial charge in [0.25, 0.3) is 5.91 Å². The van der Waals surface area contributed by atoms with Crippen molar-refractivity contribution in [3.8, 4) is 5.75 Å². The quantitative estimate of drug-likeness (QED) is 0.788. The van der Waals surface area contributed by atoms with Crippen LogP contribution in [-0.2, 0) is 19.9 Å². The number of carbonyl (C=O) groups excluding carboxylic acids is 3. The molecule has 0 saturated carbocycles. The van der Waals surface area contributed by atoms with E-state index in [4.69, 9.17) is 4.74 Å². The van der Waals surface area contributed by atoms with Crippen molar-refractivity contribution >= 4 is 29.1 Å². The molecule has 29 heavy (non-hydrogen) atoms. The largest absolute Gasteiger partial charge is 0.497 e. The predicted octanol–water partition coefficient (Wildman–Crippen LogP) is 1.66. The molecule has 0 aliphatic carbocycles. The smallest absolute Gasteiger partial charge is 0.252 e. The highest BCUT2D eigenvalue weighted by atomic mass is 16.5. The molecule has 3 heterocycles. The van der Waals surface area contributed by atoms with E-state index >= 15 is 0 Å². The number of methoxy groups -OCH3 is 1. The van der Waals surface area contributed by atoms with Gasteiger partial charge in [-0.15, -0.1) is 0 Å². The lowest BCUT2D eigenvalue weighted by molar-refractivity contribution is -0.131. The molecule has 2 saturated heterocycles. The van der Waals surface area contributed by atoms with Gasteiger partial charge >= 0.3 is 0 Å². The van der Waals surface area contributed by atoms with E-state index in [0.717, 1.165) is 11.3 Å². The molecule has 3 aliphatic rings. The van der Waals surface area contributed by atoms with E-state index in [1.54, 1.807) is 43.3 Å². The molecule has 4 atom stereocenters. The summed E-state index contributed by atoms with van der Waals surface area (Å²) in [4.78, 5) is 43.1. The van der Waals surface area contributed by atoms with Gasteiger partial charge in [-0.3, -0.25) is 19.7 Å². The van der Waals surface area contributed by atoms with Crippen molar-refractivity contribution in [1.82, 2.24) is 5.32 Å². The molecule has 1 spiro atoms. The Bertz CT molecular complexity index is 1050. The molecule has 0 bridgehead atoms. The average molecular weight is 391 g/mol. The van der Waals surface area contributed by atoms with E-state index in [-0.39, 0.29) is 23.8 Å². The van der Waals surface area contributed by atoms with Gasteiger partial charge in [-0.25, -0.2) is 4.90 Å². The first-order chi connectivity index (χ1) is 13.9. The predicted molar refractivity (Wildman–Crippen MR) is 107 cm³/mol. The van der Waals surface area contributed by atoms with Crippen molar-refractivity contribution in [2.24, 2.45) is 11.8 Å². The number of anilines is 2. The van der Waals surface area contributed by atoms with E-state index in [2.05, 4.69) is 5.32 Å². The van der Waals surface area contributed by atoms with Crippen LogP contribution in [0.15, 0.2) is 48.5 Å². The minimum absolute atomic E-state index is 0.198. The zero-order chi connectivity index (χ0) is 20.5. The van der Waals surface area contributed by atoms with Gasteiger partial charge in [0.15, 0.2) is 0 Å². The summed E-state index contributed by atoms with van der Waals surface area (Å²) in [5, 5.41) is 3.34. The van der Waals surface area contributed by atoms with Crippen molar-refractivity contribution in [1.29, 1.82) is 0 Å². The summed E-state index contributed by atoms with van der Waals surface area (Å²) < 4.78 is 5.17. The molecular formula is C22H21N3O4. The third-order valence-electron chi connectivity index (χ3n) is 6.47. The number of para-hydroxylation sites is 1. The van der Waals surface area contributed by atoms with Crippen LogP contribution in [-0.4, -0.2) is 37.9 Å². The van der Waals surface area contributed by atoms with Crippen LogP contribution >= 0.6 is 0 Å². The van der Waals surface area contributed by atoms with Gasteiger partial charge < -0.3 is 9.64 Å². The summed E-state index contributed by atoms with van der Waals surface area (Å²) in [6.07, 6.45) is 0. The molecule has 0 aromatic heterocycles. The fourth-order valence-corrected chi connectivity index (χ4v) is 5.20. The Hall–Kier alpha value is -3.19. The van der Waals surface area contributed by atoms with Gasteiger partial charge in [-0.2, -0.15) is 0 Å². The number of ether oxygens (including phenoxy) is 1. The van der Waals surface area contributed by atoms with Gasteiger partial charge in [-0.05, 0) is 37.3 Å². The Morgan fingerprint density at radius 1 is 1.00 bits per heavy atom. The first kappa shape index (κ1) is 17.9. The summed E-state index contributed by atoms with van der Waals surface area (Å²) in [6, 6.07) is 13.9. The van der Waals surface area contributed by atoms with Crippen LogP contribution in [0, 0.1) is 11.8 Å². The number of amides is 3. The standard InChI is InChI=1S/C22H21N3O4/c1-12-17-18(20(27)25(19(17)26)13-8-10-14(29-3)11-9-13)22(23-12)15-6-4-5-7-16(15)24(2)21(22)28/h4-12,17-18,23H,1-3H3. The van der Waals surface area contributed by atoms with E-state index in [1.807, 2.05) is 31.2 Å². The summed E-state index contributed by atoms with van der Waals surface area (Å²) in [6.45, 7) is 1.86. The summed E-state index contributed by atoms with van der Waals surface area (Å²) in [5.74, 6) is -1.57. The van der Waals surface area contributed by atoms with Crippen molar-refractivity contribution in [3.05, 3.63) is 54.1 Å². The highest BCUT2D eigenvalue weighted by Crippen LogP contribution is 2.54. The van der Waals surface area contributed by atoms with Crippen molar-refractivity contribution in [2.45, 2.75) is 18.5 Å². The lowest BCUT2D eigenvalue weighted by atomic mass is 9.76. The zero-order valence-corrected chi connectivity index (χ0v) is 16.4. The maximum atomic E-state index is 13.6. The fourth-order valence-electron chi connectivity index (χ4n) is 5.20. The Labute approximate surface area is 168 Å². The van der Waals surface area contributed by atoms with E-state index < -0.39 is 17.4 Å². The maximum Gasteiger partial charge on any atom is 0.252 e. The number of benzene rings is 2. The van der Waals surface area contributed by atoms with Crippen LogP contribution in [0.1, 0.15) is 12.5 Å². The van der Waals surface area contributed by atoms with Gasteiger partial charge in [0.2, 0.25) is 11.8 Å². The third-order valence-corrected chi connectivity index (χ3v) is 6.47. The third kappa shape index (κ3) is 2.08. The number of hydrogen-bond donors (Lipinski definition) is 1. The molecule has 2 aromatic rings. The molecule has 3 aliphatic heterocycles.